The third kappa shape index (κ3) is 1.55. The maximum Gasteiger partial charge on any atom is 0.0463 e. The van der Waals surface area contributed by atoms with Crippen LogP contribution < -0.4 is 5.32 Å². The van der Waals surface area contributed by atoms with E-state index in [4.69, 9.17) is 0 Å². The second kappa shape index (κ2) is 4.13. The van der Waals surface area contributed by atoms with Crippen LogP contribution in [0.2, 0.25) is 0 Å². The van der Waals surface area contributed by atoms with Gasteiger partial charge in [0.05, 0.1) is 0 Å². The average molecular weight is 229 g/mol. The van der Waals surface area contributed by atoms with Crippen molar-refractivity contribution in [1.29, 1.82) is 0 Å². The fourth-order valence-corrected chi connectivity index (χ4v) is 4.27. The summed E-state index contributed by atoms with van der Waals surface area (Å²) in [6, 6.07) is 9.10. The van der Waals surface area contributed by atoms with Gasteiger partial charge >= 0.3 is 0 Å². The van der Waals surface area contributed by atoms with Crippen molar-refractivity contribution >= 4 is 0 Å². The summed E-state index contributed by atoms with van der Waals surface area (Å²) in [4.78, 5) is 0. The Labute approximate surface area is 105 Å². The molecular weight excluding hydrogens is 206 g/mol. The average Bonchev–Trinajstić information content (AvgIpc) is 2.39. The number of hydrogen-bond acceptors (Lipinski definition) is 1. The highest BCUT2D eigenvalue weighted by molar-refractivity contribution is 5.40. The lowest BCUT2D eigenvalue weighted by atomic mass is 9.60. The smallest absolute Gasteiger partial charge is 0.0463 e. The summed E-state index contributed by atoms with van der Waals surface area (Å²) >= 11 is 0. The first kappa shape index (κ1) is 11.3. The van der Waals surface area contributed by atoms with Crippen LogP contribution in [0.4, 0.5) is 0 Å². The van der Waals surface area contributed by atoms with Crippen molar-refractivity contribution in [3.63, 3.8) is 0 Å². The number of rotatable bonds is 1. The highest BCUT2D eigenvalue weighted by Crippen LogP contribution is 2.51. The molecule has 3 atom stereocenters. The second-order valence-corrected chi connectivity index (χ2v) is 5.89. The van der Waals surface area contributed by atoms with Crippen LogP contribution in [0.25, 0.3) is 0 Å². The zero-order valence-corrected chi connectivity index (χ0v) is 11.0. The van der Waals surface area contributed by atoms with E-state index >= 15 is 0 Å². The molecule has 1 fully saturated rings. The molecule has 3 unspecified atom stereocenters. The van der Waals surface area contributed by atoms with E-state index in [2.05, 4.69) is 43.6 Å². The lowest BCUT2D eigenvalue weighted by Crippen LogP contribution is -2.51. The van der Waals surface area contributed by atoms with Gasteiger partial charge in [0.25, 0.3) is 0 Å². The third-order valence-electron chi connectivity index (χ3n) is 5.13. The number of hydrogen-bond donors (Lipinski definition) is 1. The maximum atomic E-state index is 3.70. The fraction of sp³-hybridized carbons (Fsp3) is 0.625. The maximum absolute atomic E-state index is 3.70. The van der Waals surface area contributed by atoms with Crippen molar-refractivity contribution in [2.24, 2.45) is 5.92 Å². The molecule has 0 aliphatic heterocycles. The number of nitrogens with one attached hydrogen (secondary N) is 1. The minimum Gasteiger partial charge on any atom is -0.310 e. The molecule has 1 aromatic rings. The van der Waals surface area contributed by atoms with E-state index in [1.165, 1.54) is 32.1 Å². The molecular formula is C16H23N. The Hall–Kier alpha value is -0.820. The molecule has 0 spiro atoms. The van der Waals surface area contributed by atoms with Gasteiger partial charge in [-0.05, 0) is 49.3 Å². The third-order valence-corrected chi connectivity index (χ3v) is 5.13. The molecule has 92 valence electrons. The van der Waals surface area contributed by atoms with E-state index in [-0.39, 0.29) is 5.54 Å². The molecule has 0 aromatic heterocycles. The number of benzene rings is 1. The molecule has 2 aliphatic rings. The largest absolute Gasteiger partial charge is 0.310 e. The quantitative estimate of drug-likeness (QED) is 0.772. The van der Waals surface area contributed by atoms with Gasteiger partial charge in [0, 0.05) is 5.54 Å². The predicted molar refractivity (Wildman–Crippen MR) is 72.2 cm³/mol. The van der Waals surface area contributed by atoms with Crippen LogP contribution in [-0.2, 0) is 5.54 Å². The SMILES string of the molecule is CNC12CCCCC1CC(C)c1ccccc12. The molecule has 1 nitrogen and oxygen atoms in total. The normalized spacial score (nSPS) is 36.1. The summed E-state index contributed by atoms with van der Waals surface area (Å²) in [6.07, 6.45) is 6.87. The van der Waals surface area contributed by atoms with Crippen molar-refractivity contribution in [3.8, 4) is 0 Å². The molecule has 0 saturated heterocycles. The van der Waals surface area contributed by atoms with Crippen molar-refractivity contribution in [3.05, 3.63) is 35.4 Å². The van der Waals surface area contributed by atoms with E-state index in [9.17, 15) is 0 Å². The molecule has 1 heteroatoms. The first-order valence-corrected chi connectivity index (χ1v) is 7.06. The van der Waals surface area contributed by atoms with Gasteiger partial charge in [0.15, 0.2) is 0 Å². The molecule has 1 N–H and O–H groups in total. The van der Waals surface area contributed by atoms with Gasteiger partial charge in [-0.3, -0.25) is 0 Å². The Kier molecular flexibility index (Phi) is 2.74. The van der Waals surface area contributed by atoms with Crippen LogP contribution in [-0.4, -0.2) is 7.05 Å². The van der Waals surface area contributed by atoms with Gasteiger partial charge in [-0.15, -0.1) is 0 Å². The van der Waals surface area contributed by atoms with Crippen molar-refractivity contribution in [2.75, 3.05) is 7.05 Å². The van der Waals surface area contributed by atoms with Gasteiger partial charge in [-0.2, -0.15) is 0 Å². The molecule has 0 radical (unpaired) electrons. The zero-order chi connectivity index (χ0) is 11.9. The summed E-state index contributed by atoms with van der Waals surface area (Å²) in [5.74, 6) is 1.57. The van der Waals surface area contributed by atoms with Gasteiger partial charge in [0.2, 0.25) is 0 Å². The highest BCUT2D eigenvalue weighted by Gasteiger charge is 2.45. The van der Waals surface area contributed by atoms with Crippen LogP contribution in [0.5, 0.6) is 0 Å². The van der Waals surface area contributed by atoms with Crippen LogP contribution in [0, 0.1) is 5.92 Å². The Morgan fingerprint density at radius 2 is 2.06 bits per heavy atom. The monoisotopic (exact) mass is 229 g/mol. The second-order valence-electron chi connectivity index (χ2n) is 5.89. The molecule has 17 heavy (non-hydrogen) atoms. The summed E-state index contributed by atoms with van der Waals surface area (Å²) in [6.45, 7) is 2.40. The van der Waals surface area contributed by atoms with E-state index in [1.54, 1.807) is 11.1 Å². The Morgan fingerprint density at radius 1 is 1.24 bits per heavy atom. The van der Waals surface area contributed by atoms with Gasteiger partial charge in [-0.25, -0.2) is 0 Å². The van der Waals surface area contributed by atoms with E-state index in [1.807, 2.05) is 0 Å². The Balaban J connectivity index is 2.14. The van der Waals surface area contributed by atoms with Gasteiger partial charge in [0.1, 0.15) is 0 Å². The van der Waals surface area contributed by atoms with Crippen molar-refractivity contribution in [2.45, 2.75) is 50.5 Å². The van der Waals surface area contributed by atoms with Crippen LogP contribution in [0.3, 0.4) is 0 Å². The van der Waals surface area contributed by atoms with E-state index in [0.29, 0.717) is 0 Å². The van der Waals surface area contributed by atoms with E-state index in [0.717, 1.165) is 11.8 Å². The molecule has 0 heterocycles. The summed E-state index contributed by atoms with van der Waals surface area (Å²) < 4.78 is 0. The van der Waals surface area contributed by atoms with Crippen LogP contribution >= 0.6 is 0 Å². The summed E-state index contributed by atoms with van der Waals surface area (Å²) in [7, 11) is 2.16. The number of fused-ring (bicyclic) bond motifs is 3. The first-order valence-electron chi connectivity index (χ1n) is 7.06. The van der Waals surface area contributed by atoms with Gasteiger partial charge in [-0.1, -0.05) is 44.0 Å². The Bertz CT molecular complexity index is 412. The molecule has 3 rings (SSSR count). The zero-order valence-electron chi connectivity index (χ0n) is 11.0. The van der Waals surface area contributed by atoms with Crippen molar-refractivity contribution < 1.29 is 0 Å². The molecule has 0 bridgehead atoms. The summed E-state index contributed by atoms with van der Waals surface area (Å²) in [5.41, 5.74) is 3.45. The van der Waals surface area contributed by atoms with Crippen molar-refractivity contribution in [1.82, 2.24) is 5.32 Å². The minimum atomic E-state index is 0.279. The molecule has 1 saturated carbocycles. The lowest BCUT2D eigenvalue weighted by molar-refractivity contribution is 0.120. The standard InChI is InChI=1S/C16H23N/c1-12-11-13-7-5-6-10-16(13,17-2)15-9-4-3-8-14(12)15/h3-4,8-9,12-13,17H,5-7,10-11H2,1-2H3. The minimum absolute atomic E-state index is 0.279. The Morgan fingerprint density at radius 3 is 2.88 bits per heavy atom. The topological polar surface area (TPSA) is 12.0 Å². The lowest BCUT2D eigenvalue weighted by Gasteiger charge is -2.50. The highest BCUT2D eigenvalue weighted by atomic mass is 15.0. The van der Waals surface area contributed by atoms with E-state index < -0.39 is 0 Å². The van der Waals surface area contributed by atoms with Crippen LogP contribution in [0.1, 0.15) is 56.1 Å². The van der Waals surface area contributed by atoms with Crippen LogP contribution in [0.15, 0.2) is 24.3 Å². The predicted octanol–water partition coefficient (Wildman–Crippen LogP) is 3.80. The molecule has 0 amide bonds. The fourth-order valence-electron chi connectivity index (χ4n) is 4.27. The first-order chi connectivity index (χ1) is 8.28. The van der Waals surface area contributed by atoms with Gasteiger partial charge < -0.3 is 5.32 Å². The summed E-state index contributed by atoms with van der Waals surface area (Å²) in [5, 5.41) is 3.70. The molecule has 1 aromatic carbocycles. The molecule has 2 aliphatic carbocycles.